The summed E-state index contributed by atoms with van der Waals surface area (Å²) < 4.78 is 13.6. The van der Waals surface area contributed by atoms with E-state index in [1.54, 1.807) is 0 Å². The summed E-state index contributed by atoms with van der Waals surface area (Å²) in [5.74, 6) is -1.55. The lowest BCUT2D eigenvalue weighted by Crippen LogP contribution is -2.15. The van der Waals surface area contributed by atoms with Gasteiger partial charge in [-0.15, -0.1) is 0 Å². The fourth-order valence-corrected chi connectivity index (χ4v) is 1.52. The Kier molecular flexibility index (Phi) is 3.56. The third kappa shape index (κ3) is 2.69. The maximum absolute atomic E-state index is 13.6. The molecule has 20 heavy (non-hydrogen) atoms. The van der Waals surface area contributed by atoms with Crippen LogP contribution in [-0.2, 0) is 0 Å². The van der Waals surface area contributed by atoms with Crippen molar-refractivity contribution in [2.45, 2.75) is 0 Å². The summed E-state index contributed by atoms with van der Waals surface area (Å²) in [6, 6.07) is 5.86. The number of nitrogen functional groups attached to an aromatic ring is 1. The molecular formula is C12H9FN4O3. The number of anilines is 2. The first-order valence-electron chi connectivity index (χ1n) is 5.45. The smallest absolute Gasteiger partial charge is 0.272 e. The van der Waals surface area contributed by atoms with Crippen molar-refractivity contribution in [3.8, 4) is 0 Å². The highest BCUT2D eigenvalue weighted by atomic mass is 19.1. The summed E-state index contributed by atoms with van der Waals surface area (Å²) in [5.41, 5.74) is 5.03. The Balaban J connectivity index is 2.25. The molecule has 0 radical (unpaired) electrons. The fraction of sp³-hybridized carbons (Fsp3) is 0. The first-order valence-corrected chi connectivity index (χ1v) is 5.45. The van der Waals surface area contributed by atoms with Gasteiger partial charge in [-0.25, -0.2) is 9.37 Å². The van der Waals surface area contributed by atoms with Gasteiger partial charge in [-0.2, -0.15) is 0 Å². The van der Waals surface area contributed by atoms with Crippen LogP contribution in [0.4, 0.5) is 21.6 Å². The Morgan fingerprint density at radius 3 is 2.75 bits per heavy atom. The van der Waals surface area contributed by atoms with Crippen LogP contribution in [0.2, 0.25) is 0 Å². The van der Waals surface area contributed by atoms with E-state index >= 15 is 0 Å². The number of pyridine rings is 1. The molecule has 0 atom stereocenters. The number of nitro groups is 1. The van der Waals surface area contributed by atoms with E-state index in [2.05, 4.69) is 10.3 Å². The molecule has 0 fully saturated rings. The maximum atomic E-state index is 13.6. The average Bonchev–Trinajstić information content (AvgIpc) is 2.41. The Labute approximate surface area is 112 Å². The van der Waals surface area contributed by atoms with Crippen molar-refractivity contribution >= 4 is 23.1 Å². The zero-order valence-corrected chi connectivity index (χ0v) is 10.0. The van der Waals surface area contributed by atoms with E-state index in [0.717, 1.165) is 18.2 Å². The van der Waals surface area contributed by atoms with Gasteiger partial charge in [-0.05, 0) is 18.2 Å². The maximum Gasteiger partial charge on any atom is 0.272 e. The molecule has 0 bridgehead atoms. The second-order valence-electron chi connectivity index (χ2n) is 3.81. The molecule has 0 saturated heterocycles. The highest BCUT2D eigenvalue weighted by molar-refractivity contribution is 6.07. The first kappa shape index (κ1) is 13.4. The number of carbonyl (C=O) groups is 1. The van der Waals surface area contributed by atoms with Gasteiger partial charge in [0, 0.05) is 12.3 Å². The molecule has 0 aliphatic heterocycles. The van der Waals surface area contributed by atoms with Crippen molar-refractivity contribution in [3.63, 3.8) is 0 Å². The predicted molar refractivity (Wildman–Crippen MR) is 69.7 cm³/mol. The molecule has 2 rings (SSSR count). The second-order valence-corrected chi connectivity index (χ2v) is 3.81. The number of amides is 1. The normalized spacial score (nSPS) is 10.1. The average molecular weight is 276 g/mol. The number of nitrogens with two attached hydrogens (primary N) is 1. The van der Waals surface area contributed by atoms with Gasteiger partial charge in [-0.1, -0.05) is 0 Å². The number of halogens is 1. The molecule has 0 saturated carbocycles. The Morgan fingerprint density at radius 2 is 2.15 bits per heavy atom. The lowest BCUT2D eigenvalue weighted by atomic mass is 10.2. The third-order valence-corrected chi connectivity index (χ3v) is 2.49. The summed E-state index contributed by atoms with van der Waals surface area (Å²) in [6.45, 7) is 0. The van der Waals surface area contributed by atoms with Gasteiger partial charge in [-0.3, -0.25) is 14.9 Å². The number of hydrogen-bond donors (Lipinski definition) is 2. The van der Waals surface area contributed by atoms with Gasteiger partial charge in [0.1, 0.15) is 5.82 Å². The molecule has 0 spiro atoms. The molecule has 0 unspecified atom stereocenters. The number of carbonyl (C=O) groups excluding carboxylic acids is 1. The minimum absolute atomic E-state index is 0.00678. The molecule has 8 heteroatoms. The molecule has 0 aliphatic rings. The summed E-state index contributed by atoms with van der Waals surface area (Å²) in [5, 5.41) is 12.8. The number of rotatable bonds is 3. The van der Waals surface area contributed by atoms with Crippen molar-refractivity contribution in [2.24, 2.45) is 0 Å². The Hall–Kier alpha value is -3.03. The molecule has 7 nitrogen and oxygen atoms in total. The minimum atomic E-state index is -0.907. The molecule has 1 aromatic heterocycles. The zero-order valence-electron chi connectivity index (χ0n) is 10.0. The van der Waals surface area contributed by atoms with Crippen LogP contribution in [0.5, 0.6) is 0 Å². The van der Waals surface area contributed by atoms with E-state index in [9.17, 15) is 19.3 Å². The van der Waals surface area contributed by atoms with Crippen LogP contribution in [0.25, 0.3) is 0 Å². The molecular weight excluding hydrogens is 267 g/mol. The van der Waals surface area contributed by atoms with Gasteiger partial charge in [0.2, 0.25) is 0 Å². The Morgan fingerprint density at radius 1 is 1.40 bits per heavy atom. The van der Waals surface area contributed by atoms with Crippen LogP contribution in [0.1, 0.15) is 10.4 Å². The van der Waals surface area contributed by atoms with E-state index in [4.69, 9.17) is 5.73 Å². The summed E-state index contributed by atoms with van der Waals surface area (Å²) in [6.07, 6.45) is 1.42. The topological polar surface area (TPSA) is 111 Å². The molecule has 0 aliphatic carbocycles. The second kappa shape index (κ2) is 5.31. The zero-order chi connectivity index (χ0) is 14.7. The van der Waals surface area contributed by atoms with E-state index in [1.165, 1.54) is 18.3 Å². The number of benzene rings is 1. The van der Waals surface area contributed by atoms with E-state index in [-0.39, 0.29) is 17.1 Å². The molecule has 102 valence electrons. The Bertz CT molecular complexity index is 690. The lowest BCUT2D eigenvalue weighted by Gasteiger charge is -2.07. The van der Waals surface area contributed by atoms with Crippen LogP contribution in [0.15, 0.2) is 36.5 Å². The number of hydrogen-bond acceptors (Lipinski definition) is 5. The summed E-state index contributed by atoms with van der Waals surface area (Å²) in [7, 11) is 0. The van der Waals surface area contributed by atoms with Crippen molar-refractivity contribution in [2.75, 3.05) is 11.1 Å². The van der Waals surface area contributed by atoms with Gasteiger partial charge >= 0.3 is 0 Å². The van der Waals surface area contributed by atoms with E-state index in [1.807, 2.05) is 0 Å². The highest BCUT2D eigenvalue weighted by Crippen LogP contribution is 2.21. The van der Waals surface area contributed by atoms with Crippen molar-refractivity contribution < 1.29 is 14.1 Å². The van der Waals surface area contributed by atoms with E-state index < -0.39 is 22.3 Å². The number of aromatic nitrogens is 1. The van der Waals surface area contributed by atoms with Gasteiger partial charge in [0.15, 0.2) is 5.82 Å². The lowest BCUT2D eigenvalue weighted by molar-refractivity contribution is -0.385. The van der Waals surface area contributed by atoms with Crippen LogP contribution >= 0.6 is 0 Å². The van der Waals surface area contributed by atoms with Crippen molar-refractivity contribution in [1.29, 1.82) is 0 Å². The number of nitrogens with zero attached hydrogens (tertiary/aromatic N) is 2. The fourth-order valence-electron chi connectivity index (χ4n) is 1.52. The van der Waals surface area contributed by atoms with Crippen LogP contribution in [0, 0.1) is 15.9 Å². The van der Waals surface area contributed by atoms with Gasteiger partial charge in [0.25, 0.3) is 11.6 Å². The van der Waals surface area contributed by atoms with Crippen molar-refractivity contribution in [1.82, 2.24) is 4.98 Å². The molecule has 1 heterocycles. The van der Waals surface area contributed by atoms with Gasteiger partial charge in [0.05, 0.1) is 22.2 Å². The summed E-state index contributed by atoms with van der Waals surface area (Å²) >= 11 is 0. The molecule has 1 aromatic carbocycles. The van der Waals surface area contributed by atoms with Gasteiger partial charge < -0.3 is 11.1 Å². The van der Waals surface area contributed by atoms with E-state index in [0.29, 0.717) is 0 Å². The van der Waals surface area contributed by atoms with Crippen LogP contribution in [-0.4, -0.2) is 15.8 Å². The highest BCUT2D eigenvalue weighted by Gasteiger charge is 2.15. The first-order chi connectivity index (χ1) is 9.49. The molecule has 2 aromatic rings. The molecule has 3 N–H and O–H groups in total. The minimum Gasteiger partial charge on any atom is -0.383 e. The predicted octanol–water partition coefficient (Wildman–Crippen LogP) is 1.96. The number of non-ortho nitro benzene ring substituents is 1. The summed E-state index contributed by atoms with van der Waals surface area (Å²) in [4.78, 5) is 25.4. The molecule has 1 amide bonds. The third-order valence-electron chi connectivity index (χ3n) is 2.49. The largest absolute Gasteiger partial charge is 0.383 e. The number of nitro benzene ring substituents is 1. The van der Waals surface area contributed by atoms with Crippen LogP contribution < -0.4 is 11.1 Å². The standard InChI is InChI=1S/C12H9FN4O3/c13-9-6-7(17(19)20)3-4-10(9)16-12(18)8-2-1-5-15-11(8)14/h1-6H,(H2,14,15)(H,16,18). The monoisotopic (exact) mass is 276 g/mol. The van der Waals surface area contributed by atoms with Crippen molar-refractivity contribution in [3.05, 3.63) is 58.0 Å². The van der Waals surface area contributed by atoms with Crippen LogP contribution in [0.3, 0.4) is 0 Å². The number of nitrogens with one attached hydrogen (secondary N) is 1. The SMILES string of the molecule is Nc1ncccc1C(=O)Nc1ccc([N+](=O)[O-])cc1F. The quantitative estimate of drug-likeness (QED) is 0.657.